The molecule has 18 heavy (non-hydrogen) atoms. The number of unbranched alkanes of at least 4 members (excludes halogenated alkanes) is 1. The molecule has 1 saturated heterocycles. The molecule has 0 aliphatic carbocycles. The van der Waals surface area contributed by atoms with E-state index in [0.717, 1.165) is 19.8 Å². The molecule has 1 aliphatic heterocycles. The van der Waals surface area contributed by atoms with Crippen molar-refractivity contribution in [3.63, 3.8) is 0 Å². The standard InChI is InChI=1S/C16H25NO/c1-2-3-5-14-7-9-16(10-8-14)17-12-15-6-4-11-18-13-15/h7-10,15,17H,2-6,11-13H2,1H3. The van der Waals surface area contributed by atoms with E-state index in [2.05, 4.69) is 36.5 Å². The minimum absolute atomic E-state index is 0.679. The van der Waals surface area contributed by atoms with Crippen LogP contribution in [0.4, 0.5) is 5.69 Å². The van der Waals surface area contributed by atoms with Gasteiger partial charge in [-0.05, 0) is 49.3 Å². The summed E-state index contributed by atoms with van der Waals surface area (Å²) in [5.41, 5.74) is 2.68. The fraction of sp³-hybridized carbons (Fsp3) is 0.625. The van der Waals surface area contributed by atoms with E-state index >= 15 is 0 Å². The second-order valence-electron chi connectivity index (χ2n) is 5.26. The van der Waals surface area contributed by atoms with Crippen molar-refractivity contribution < 1.29 is 4.74 Å². The molecule has 1 N–H and O–H groups in total. The van der Waals surface area contributed by atoms with Gasteiger partial charge in [0.2, 0.25) is 0 Å². The second kappa shape index (κ2) is 7.42. The lowest BCUT2D eigenvalue weighted by molar-refractivity contribution is 0.0595. The van der Waals surface area contributed by atoms with E-state index in [9.17, 15) is 0 Å². The molecule has 1 fully saturated rings. The van der Waals surface area contributed by atoms with E-state index in [1.165, 1.54) is 43.4 Å². The molecule has 1 heterocycles. The minimum Gasteiger partial charge on any atom is -0.385 e. The van der Waals surface area contributed by atoms with Gasteiger partial charge >= 0.3 is 0 Å². The maximum absolute atomic E-state index is 5.49. The first-order chi connectivity index (χ1) is 8.88. The molecule has 0 bridgehead atoms. The van der Waals surface area contributed by atoms with Gasteiger partial charge in [-0.1, -0.05) is 25.5 Å². The van der Waals surface area contributed by atoms with Crippen molar-refractivity contribution in [3.8, 4) is 0 Å². The molecule has 2 nitrogen and oxygen atoms in total. The smallest absolute Gasteiger partial charge is 0.0511 e. The molecular formula is C16H25NO. The Morgan fingerprint density at radius 2 is 2.11 bits per heavy atom. The summed E-state index contributed by atoms with van der Waals surface area (Å²) in [6, 6.07) is 8.90. The van der Waals surface area contributed by atoms with Crippen molar-refractivity contribution in [2.45, 2.75) is 39.0 Å². The van der Waals surface area contributed by atoms with Crippen molar-refractivity contribution in [2.75, 3.05) is 25.1 Å². The van der Waals surface area contributed by atoms with Crippen molar-refractivity contribution in [3.05, 3.63) is 29.8 Å². The number of ether oxygens (including phenoxy) is 1. The van der Waals surface area contributed by atoms with Crippen LogP contribution in [0, 0.1) is 5.92 Å². The van der Waals surface area contributed by atoms with Gasteiger partial charge in [0.05, 0.1) is 6.61 Å². The van der Waals surface area contributed by atoms with Crippen LogP contribution < -0.4 is 5.32 Å². The van der Waals surface area contributed by atoms with E-state index in [4.69, 9.17) is 4.74 Å². The van der Waals surface area contributed by atoms with Gasteiger partial charge in [-0.2, -0.15) is 0 Å². The molecule has 0 saturated carbocycles. The first kappa shape index (κ1) is 13.4. The Morgan fingerprint density at radius 3 is 2.78 bits per heavy atom. The van der Waals surface area contributed by atoms with Crippen molar-refractivity contribution in [1.29, 1.82) is 0 Å². The zero-order valence-electron chi connectivity index (χ0n) is 11.5. The van der Waals surface area contributed by atoms with Crippen LogP contribution in [0.3, 0.4) is 0 Å². The van der Waals surface area contributed by atoms with Crippen LogP contribution in [-0.4, -0.2) is 19.8 Å². The van der Waals surface area contributed by atoms with Crippen LogP contribution in [0.15, 0.2) is 24.3 Å². The van der Waals surface area contributed by atoms with Gasteiger partial charge in [-0.25, -0.2) is 0 Å². The fourth-order valence-electron chi connectivity index (χ4n) is 2.40. The average molecular weight is 247 g/mol. The van der Waals surface area contributed by atoms with E-state index in [1.807, 2.05) is 0 Å². The van der Waals surface area contributed by atoms with Crippen LogP contribution in [0.5, 0.6) is 0 Å². The molecule has 1 aromatic rings. The molecule has 1 aliphatic rings. The molecule has 1 aromatic carbocycles. The number of benzene rings is 1. The Kier molecular flexibility index (Phi) is 5.53. The van der Waals surface area contributed by atoms with Crippen molar-refractivity contribution in [1.82, 2.24) is 0 Å². The largest absolute Gasteiger partial charge is 0.385 e. The summed E-state index contributed by atoms with van der Waals surface area (Å²) in [7, 11) is 0. The van der Waals surface area contributed by atoms with Gasteiger partial charge in [0, 0.05) is 18.8 Å². The van der Waals surface area contributed by atoms with Crippen LogP contribution >= 0.6 is 0 Å². The highest BCUT2D eigenvalue weighted by Gasteiger charge is 2.13. The summed E-state index contributed by atoms with van der Waals surface area (Å²) in [6.07, 6.45) is 6.25. The Labute approximate surface area is 111 Å². The number of hydrogen-bond acceptors (Lipinski definition) is 2. The predicted molar refractivity (Wildman–Crippen MR) is 77.1 cm³/mol. The summed E-state index contributed by atoms with van der Waals surface area (Å²) in [4.78, 5) is 0. The molecule has 1 atom stereocenters. The lowest BCUT2D eigenvalue weighted by Crippen LogP contribution is -2.24. The summed E-state index contributed by atoms with van der Waals surface area (Å²) in [6.45, 7) is 5.14. The molecular weight excluding hydrogens is 222 g/mol. The lowest BCUT2D eigenvalue weighted by Gasteiger charge is -2.22. The van der Waals surface area contributed by atoms with Crippen LogP contribution in [0.1, 0.15) is 38.2 Å². The highest BCUT2D eigenvalue weighted by molar-refractivity contribution is 5.44. The third kappa shape index (κ3) is 4.34. The van der Waals surface area contributed by atoms with Crippen molar-refractivity contribution in [2.24, 2.45) is 5.92 Å². The molecule has 2 rings (SSSR count). The third-order valence-corrected chi connectivity index (χ3v) is 3.62. The molecule has 0 aromatic heterocycles. The summed E-state index contributed by atoms with van der Waals surface area (Å²) < 4.78 is 5.49. The molecule has 1 unspecified atom stereocenters. The molecule has 0 amide bonds. The molecule has 100 valence electrons. The maximum atomic E-state index is 5.49. The number of anilines is 1. The first-order valence-corrected chi connectivity index (χ1v) is 7.29. The van der Waals surface area contributed by atoms with Gasteiger partial charge in [0.25, 0.3) is 0 Å². The summed E-state index contributed by atoms with van der Waals surface area (Å²) >= 11 is 0. The van der Waals surface area contributed by atoms with Crippen LogP contribution in [0.2, 0.25) is 0 Å². The third-order valence-electron chi connectivity index (χ3n) is 3.62. The molecule has 2 heteroatoms. The Hall–Kier alpha value is -1.02. The lowest BCUT2D eigenvalue weighted by atomic mass is 10.0. The zero-order valence-corrected chi connectivity index (χ0v) is 11.5. The topological polar surface area (TPSA) is 21.3 Å². The van der Waals surface area contributed by atoms with Crippen LogP contribution in [-0.2, 0) is 11.2 Å². The number of nitrogens with one attached hydrogen (secondary N) is 1. The monoisotopic (exact) mass is 247 g/mol. The fourth-order valence-corrected chi connectivity index (χ4v) is 2.40. The zero-order chi connectivity index (χ0) is 12.6. The van der Waals surface area contributed by atoms with Gasteiger partial charge in [-0.15, -0.1) is 0 Å². The molecule has 0 spiro atoms. The number of rotatable bonds is 6. The van der Waals surface area contributed by atoms with E-state index in [0.29, 0.717) is 5.92 Å². The number of hydrogen-bond donors (Lipinski definition) is 1. The Balaban J connectivity index is 1.75. The van der Waals surface area contributed by atoms with Gasteiger partial charge in [0.1, 0.15) is 0 Å². The van der Waals surface area contributed by atoms with Crippen molar-refractivity contribution >= 4 is 5.69 Å². The predicted octanol–water partition coefficient (Wildman–Crippen LogP) is 3.87. The summed E-state index contributed by atoms with van der Waals surface area (Å²) in [5.74, 6) is 0.679. The number of aryl methyl sites for hydroxylation is 1. The average Bonchev–Trinajstić information content (AvgIpc) is 2.45. The van der Waals surface area contributed by atoms with Gasteiger partial charge in [-0.3, -0.25) is 0 Å². The quantitative estimate of drug-likeness (QED) is 0.824. The van der Waals surface area contributed by atoms with Gasteiger partial charge < -0.3 is 10.1 Å². The Morgan fingerprint density at radius 1 is 1.28 bits per heavy atom. The Bertz CT molecular complexity index is 327. The SMILES string of the molecule is CCCCc1ccc(NCC2CCCOC2)cc1. The minimum atomic E-state index is 0.679. The van der Waals surface area contributed by atoms with E-state index in [1.54, 1.807) is 0 Å². The normalized spacial score (nSPS) is 19.7. The summed E-state index contributed by atoms with van der Waals surface area (Å²) in [5, 5.41) is 3.52. The second-order valence-corrected chi connectivity index (χ2v) is 5.26. The maximum Gasteiger partial charge on any atom is 0.0511 e. The van der Waals surface area contributed by atoms with E-state index < -0.39 is 0 Å². The highest BCUT2D eigenvalue weighted by Crippen LogP contribution is 2.16. The first-order valence-electron chi connectivity index (χ1n) is 7.29. The van der Waals surface area contributed by atoms with E-state index in [-0.39, 0.29) is 0 Å². The highest BCUT2D eigenvalue weighted by atomic mass is 16.5. The van der Waals surface area contributed by atoms with Gasteiger partial charge in [0.15, 0.2) is 0 Å². The van der Waals surface area contributed by atoms with Crippen LogP contribution in [0.25, 0.3) is 0 Å². The molecule has 0 radical (unpaired) electrons.